The van der Waals surface area contributed by atoms with Crippen LogP contribution in [0.2, 0.25) is 0 Å². The normalized spacial score (nSPS) is 16.6. The number of amides is 2. The highest BCUT2D eigenvalue weighted by atomic mass is 16.2. The fourth-order valence-electron chi connectivity index (χ4n) is 2.90. The summed E-state index contributed by atoms with van der Waals surface area (Å²) in [4.78, 5) is 30.4. The average molecular weight is 309 g/mol. The van der Waals surface area contributed by atoms with E-state index in [1.54, 1.807) is 11.1 Å². The number of nitrogens with zero attached hydrogens (tertiary/aromatic N) is 2. The summed E-state index contributed by atoms with van der Waals surface area (Å²) in [6.45, 7) is 3.90. The van der Waals surface area contributed by atoms with Crippen LogP contribution in [0.15, 0.2) is 42.6 Å². The summed E-state index contributed by atoms with van der Waals surface area (Å²) in [6, 6.07) is 11.1. The Morgan fingerprint density at radius 2 is 1.96 bits per heavy atom. The van der Waals surface area contributed by atoms with Crippen LogP contribution in [-0.2, 0) is 22.6 Å². The van der Waals surface area contributed by atoms with Crippen molar-refractivity contribution in [1.29, 1.82) is 0 Å². The van der Waals surface area contributed by atoms with Crippen LogP contribution in [0.25, 0.3) is 0 Å². The molecule has 0 saturated carbocycles. The number of hydrogen-bond donors (Lipinski definition) is 1. The SMILES string of the molecule is CC(=O)N1Cc2ccccc2C[C@@H]1C(=O)Nc1cc(C)ccn1. The number of rotatable bonds is 2. The van der Waals surface area contributed by atoms with Gasteiger partial charge in [0.2, 0.25) is 11.8 Å². The number of aryl methyl sites for hydroxylation is 1. The molecule has 5 heteroatoms. The summed E-state index contributed by atoms with van der Waals surface area (Å²) >= 11 is 0. The molecule has 0 radical (unpaired) electrons. The first-order chi connectivity index (χ1) is 11.0. The molecule has 1 atom stereocenters. The van der Waals surface area contributed by atoms with Gasteiger partial charge in [0, 0.05) is 26.1 Å². The Kier molecular flexibility index (Phi) is 4.10. The van der Waals surface area contributed by atoms with E-state index in [0.29, 0.717) is 18.8 Å². The van der Waals surface area contributed by atoms with Crippen molar-refractivity contribution in [2.75, 3.05) is 5.32 Å². The maximum absolute atomic E-state index is 12.7. The van der Waals surface area contributed by atoms with Gasteiger partial charge in [0.15, 0.2) is 0 Å². The molecule has 0 bridgehead atoms. The maximum atomic E-state index is 12.7. The number of benzene rings is 1. The maximum Gasteiger partial charge on any atom is 0.248 e. The molecule has 1 aromatic carbocycles. The van der Waals surface area contributed by atoms with Gasteiger partial charge in [-0.05, 0) is 35.7 Å². The minimum absolute atomic E-state index is 0.100. The Bertz CT molecular complexity index is 757. The second-order valence-electron chi connectivity index (χ2n) is 5.84. The van der Waals surface area contributed by atoms with Gasteiger partial charge in [-0.1, -0.05) is 24.3 Å². The fraction of sp³-hybridized carbons (Fsp3) is 0.278. The third-order valence-corrected chi connectivity index (χ3v) is 4.12. The minimum atomic E-state index is -0.510. The zero-order valence-electron chi connectivity index (χ0n) is 13.2. The Balaban J connectivity index is 1.84. The average Bonchev–Trinajstić information content (AvgIpc) is 2.53. The molecule has 0 saturated heterocycles. The van der Waals surface area contributed by atoms with E-state index in [2.05, 4.69) is 10.3 Å². The molecular formula is C18H19N3O2. The standard InChI is InChI=1S/C18H19N3O2/c1-12-7-8-19-17(9-12)20-18(23)16-10-14-5-3-4-6-15(14)11-21(16)13(2)22/h3-9,16H,10-11H2,1-2H3,(H,19,20,23)/t16-/m1/s1. The van der Waals surface area contributed by atoms with Crippen LogP contribution in [0.5, 0.6) is 0 Å². The largest absolute Gasteiger partial charge is 0.326 e. The summed E-state index contributed by atoms with van der Waals surface area (Å²) in [5.74, 6) is 0.210. The van der Waals surface area contributed by atoms with Crippen molar-refractivity contribution in [2.24, 2.45) is 0 Å². The lowest BCUT2D eigenvalue weighted by atomic mass is 9.93. The topological polar surface area (TPSA) is 62.3 Å². The molecular weight excluding hydrogens is 290 g/mol. The Hall–Kier alpha value is -2.69. The van der Waals surface area contributed by atoms with E-state index >= 15 is 0 Å². The first kappa shape index (κ1) is 15.2. The summed E-state index contributed by atoms with van der Waals surface area (Å²) in [7, 11) is 0. The smallest absolute Gasteiger partial charge is 0.248 e. The molecule has 2 amide bonds. The lowest BCUT2D eigenvalue weighted by molar-refractivity contribution is -0.138. The molecule has 0 fully saturated rings. The Labute approximate surface area is 135 Å². The van der Waals surface area contributed by atoms with Crippen LogP contribution < -0.4 is 5.32 Å². The Morgan fingerprint density at radius 3 is 2.65 bits per heavy atom. The molecule has 1 aliphatic heterocycles. The van der Waals surface area contributed by atoms with E-state index < -0.39 is 6.04 Å². The lowest BCUT2D eigenvalue weighted by Crippen LogP contribution is -2.50. The van der Waals surface area contributed by atoms with Crippen molar-refractivity contribution in [3.05, 3.63) is 59.3 Å². The van der Waals surface area contributed by atoms with E-state index in [4.69, 9.17) is 0 Å². The van der Waals surface area contributed by atoms with Crippen LogP contribution in [-0.4, -0.2) is 27.7 Å². The van der Waals surface area contributed by atoms with E-state index in [-0.39, 0.29) is 11.8 Å². The van der Waals surface area contributed by atoms with E-state index in [1.165, 1.54) is 6.92 Å². The van der Waals surface area contributed by atoms with Gasteiger partial charge in [-0.25, -0.2) is 4.98 Å². The van der Waals surface area contributed by atoms with E-state index in [1.807, 2.05) is 43.3 Å². The van der Waals surface area contributed by atoms with Crippen LogP contribution in [0.4, 0.5) is 5.82 Å². The quantitative estimate of drug-likeness (QED) is 0.926. The molecule has 1 N–H and O–H groups in total. The number of pyridine rings is 1. The first-order valence-corrected chi connectivity index (χ1v) is 7.62. The third-order valence-electron chi connectivity index (χ3n) is 4.12. The Morgan fingerprint density at radius 1 is 1.22 bits per heavy atom. The number of anilines is 1. The van der Waals surface area contributed by atoms with E-state index in [0.717, 1.165) is 16.7 Å². The third kappa shape index (κ3) is 3.23. The van der Waals surface area contributed by atoms with Crippen molar-refractivity contribution < 1.29 is 9.59 Å². The van der Waals surface area contributed by atoms with Gasteiger partial charge >= 0.3 is 0 Å². The van der Waals surface area contributed by atoms with Gasteiger partial charge in [0.25, 0.3) is 0 Å². The minimum Gasteiger partial charge on any atom is -0.326 e. The van der Waals surface area contributed by atoms with Crippen LogP contribution >= 0.6 is 0 Å². The molecule has 2 heterocycles. The summed E-state index contributed by atoms with van der Waals surface area (Å²) in [6.07, 6.45) is 2.18. The van der Waals surface area contributed by atoms with Crippen molar-refractivity contribution in [1.82, 2.24) is 9.88 Å². The van der Waals surface area contributed by atoms with Gasteiger partial charge < -0.3 is 10.2 Å². The van der Waals surface area contributed by atoms with Crippen molar-refractivity contribution in [2.45, 2.75) is 32.9 Å². The monoisotopic (exact) mass is 309 g/mol. The highest BCUT2D eigenvalue weighted by molar-refractivity contribution is 5.96. The molecule has 1 aliphatic rings. The van der Waals surface area contributed by atoms with Crippen LogP contribution in [0.3, 0.4) is 0 Å². The van der Waals surface area contributed by atoms with Crippen molar-refractivity contribution in [3.8, 4) is 0 Å². The van der Waals surface area contributed by atoms with E-state index in [9.17, 15) is 9.59 Å². The zero-order chi connectivity index (χ0) is 16.4. The molecule has 2 aromatic rings. The number of hydrogen-bond acceptors (Lipinski definition) is 3. The molecule has 23 heavy (non-hydrogen) atoms. The zero-order valence-corrected chi connectivity index (χ0v) is 13.2. The number of fused-ring (bicyclic) bond motifs is 1. The molecule has 0 unspecified atom stereocenters. The van der Waals surface area contributed by atoms with Crippen LogP contribution in [0.1, 0.15) is 23.6 Å². The predicted molar refractivity (Wildman–Crippen MR) is 87.8 cm³/mol. The molecule has 3 rings (SSSR count). The van der Waals surface area contributed by atoms with Gasteiger partial charge in [-0.15, -0.1) is 0 Å². The highest BCUT2D eigenvalue weighted by Crippen LogP contribution is 2.24. The summed E-state index contributed by atoms with van der Waals surface area (Å²) in [5, 5.41) is 2.82. The lowest BCUT2D eigenvalue weighted by Gasteiger charge is -2.35. The number of aromatic nitrogens is 1. The first-order valence-electron chi connectivity index (χ1n) is 7.62. The highest BCUT2D eigenvalue weighted by Gasteiger charge is 2.33. The van der Waals surface area contributed by atoms with Gasteiger partial charge in [-0.2, -0.15) is 0 Å². The van der Waals surface area contributed by atoms with Gasteiger partial charge in [0.05, 0.1) is 0 Å². The number of nitrogens with one attached hydrogen (secondary N) is 1. The molecule has 0 spiro atoms. The second kappa shape index (κ2) is 6.20. The fourth-order valence-corrected chi connectivity index (χ4v) is 2.90. The number of carbonyl (C=O) groups is 2. The molecule has 0 aliphatic carbocycles. The molecule has 5 nitrogen and oxygen atoms in total. The summed E-state index contributed by atoms with van der Waals surface area (Å²) < 4.78 is 0. The van der Waals surface area contributed by atoms with Crippen molar-refractivity contribution in [3.63, 3.8) is 0 Å². The summed E-state index contributed by atoms with van der Waals surface area (Å²) in [5.41, 5.74) is 3.23. The second-order valence-corrected chi connectivity index (χ2v) is 5.84. The van der Waals surface area contributed by atoms with Crippen LogP contribution in [0, 0.1) is 6.92 Å². The predicted octanol–water partition coefficient (Wildman–Crippen LogP) is 2.30. The van der Waals surface area contributed by atoms with Gasteiger partial charge in [-0.3, -0.25) is 9.59 Å². The van der Waals surface area contributed by atoms with Gasteiger partial charge in [0.1, 0.15) is 11.9 Å². The molecule has 118 valence electrons. The number of carbonyl (C=O) groups excluding carboxylic acids is 2. The molecule has 1 aromatic heterocycles. The van der Waals surface area contributed by atoms with Crippen molar-refractivity contribution >= 4 is 17.6 Å².